The summed E-state index contributed by atoms with van der Waals surface area (Å²) in [5.74, 6) is 0.608. The summed E-state index contributed by atoms with van der Waals surface area (Å²) in [7, 11) is 0. The van der Waals surface area contributed by atoms with Gasteiger partial charge in [0.15, 0.2) is 0 Å². The zero-order valence-corrected chi connectivity index (χ0v) is 11.1. The number of halogens is 1. The van der Waals surface area contributed by atoms with Crippen LogP contribution < -0.4 is 5.73 Å². The van der Waals surface area contributed by atoms with Gasteiger partial charge in [0.2, 0.25) is 0 Å². The standard InChI is InChI=1S/C15H16FNS/c1-11-9-12(7-8-14(11)16)15(17)10-18-13-5-3-2-4-6-13/h2-9,15H,10,17H2,1H3. The lowest BCUT2D eigenvalue weighted by Crippen LogP contribution is -2.13. The molecular weight excluding hydrogens is 245 g/mol. The van der Waals surface area contributed by atoms with Gasteiger partial charge in [0.05, 0.1) is 0 Å². The third-order valence-electron chi connectivity index (χ3n) is 2.78. The van der Waals surface area contributed by atoms with Crippen LogP contribution in [0.25, 0.3) is 0 Å². The lowest BCUT2D eigenvalue weighted by atomic mass is 10.1. The Morgan fingerprint density at radius 2 is 1.89 bits per heavy atom. The van der Waals surface area contributed by atoms with Crippen molar-refractivity contribution in [3.05, 3.63) is 65.5 Å². The van der Waals surface area contributed by atoms with E-state index in [2.05, 4.69) is 12.1 Å². The first-order valence-corrected chi connectivity index (χ1v) is 6.85. The molecule has 0 fully saturated rings. The Labute approximate surface area is 111 Å². The summed E-state index contributed by atoms with van der Waals surface area (Å²) in [4.78, 5) is 1.20. The third kappa shape index (κ3) is 3.34. The minimum Gasteiger partial charge on any atom is -0.323 e. The van der Waals surface area contributed by atoms with Crippen LogP contribution in [0.15, 0.2) is 53.4 Å². The van der Waals surface area contributed by atoms with Crippen LogP contribution in [-0.2, 0) is 0 Å². The van der Waals surface area contributed by atoms with Gasteiger partial charge in [-0.25, -0.2) is 4.39 Å². The van der Waals surface area contributed by atoms with E-state index in [1.54, 1.807) is 24.8 Å². The molecule has 0 aliphatic carbocycles. The van der Waals surface area contributed by atoms with Gasteiger partial charge >= 0.3 is 0 Å². The van der Waals surface area contributed by atoms with Gasteiger partial charge in [-0.15, -0.1) is 11.8 Å². The molecule has 0 amide bonds. The fourth-order valence-electron chi connectivity index (χ4n) is 1.70. The molecule has 2 N–H and O–H groups in total. The Kier molecular flexibility index (Phi) is 4.39. The van der Waals surface area contributed by atoms with Crippen LogP contribution in [0, 0.1) is 12.7 Å². The average molecular weight is 261 g/mol. The minimum absolute atomic E-state index is 0.0745. The number of hydrogen-bond donors (Lipinski definition) is 1. The van der Waals surface area contributed by atoms with Crippen LogP contribution in [0.2, 0.25) is 0 Å². The monoisotopic (exact) mass is 261 g/mol. The van der Waals surface area contributed by atoms with Gasteiger partial charge < -0.3 is 5.73 Å². The Bertz CT molecular complexity index is 513. The normalized spacial score (nSPS) is 12.4. The Hall–Kier alpha value is -1.32. The SMILES string of the molecule is Cc1cc(C(N)CSc2ccccc2)ccc1F. The van der Waals surface area contributed by atoms with Crippen LogP contribution in [-0.4, -0.2) is 5.75 Å². The zero-order chi connectivity index (χ0) is 13.0. The lowest BCUT2D eigenvalue weighted by Gasteiger charge is -2.12. The molecule has 2 aromatic carbocycles. The van der Waals surface area contributed by atoms with Gasteiger partial charge in [-0.2, -0.15) is 0 Å². The second-order valence-electron chi connectivity index (χ2n) is 4.24. The second kappa shape index (κ2) is 6.03. The molecule has 0 bridgehead atoms. The van der Waals surface area contributed by atoms with E-state index in [0.29, 0.717) is 5.56 Å². The number of aryl methyl sites for hydroxylation is 1. The number of hydrogen-bond acceptors (Lipinski definition) is 2. The average Bonchev–Trinajstić information content (AvgIpc) is 2.40. The van der Waals surface area contributed by atoms with Crippen LogP contribution in [0.1, 0.15) is 17.2 Å². The summed E-state index contributed by atoms with van der Waals surface area (Å²) in [5.41, 5.74) is 7.75. The fraction of sp³-hybridized carbons (Fsp3) is 0.200. The van der Waals surface area contributed by atoms with Gasteiger partial charge in [0, 0.05) is 16.7 Å². The predicted octanol–water partition coefficient (Wildman–Crippen LogP) is 3.93. The van der Waals surface area contributed by atoms with E-state index in [9.17, 15) is 4.39 Å². The van der Waals surface area contributed by atoms with Crippen molar-refractivity contribution in [2.24, 2.45) is 5.73 Å². The van der Waals surface area contributed by atoms with E-state index in [1.807, 2.05) is 24.3 Å². The molecule has 1 atom stereocenters. The molecule has 0 spiro atoms. The van der Waals surface area contributed by atoms with Gasteiger partial charge in [0.1, 0.15) is 5.82 Å². The summed E-state index contributed by atoms with van der Waals surface area (Å²) < 4.78 is 13.2. The molecule has 0 heterocycles. The van der Waals surface area contributed by atoms with Crippen molar-refractivity contribution in [1.29, 1.82) is 0 Å². The maximum atomic E-state index is 13.2. The molecule has 1 unspecified atom stereocenters. The molecular formula is C15H16FNS. The minimum atomic E-state index is -0.179. The molecule has 2 rings (SSSR count). The smallest absolute Gasteiger partial charge is 0.126 e. The number of rotatable bonds is 4. The summed E-state index contributed by atoms with van der Waals surface area (Å²) in [6, 6.07) is 15.1. The van der Waals surface area contributed by atoms with Crippen molar-refractivity contribution in [2.75, 3.05) is 5.75 Å². The molecule has 0 aliphatic rings. The summed E-state index contributed by atoms with van der Waals surface area (Å²) in [5, 5.41) is 0. The van der Waals surface area contributed by atoms with Gasteiger partial charge in [-0.1, -0.05) is 30.3 Å². The van der Waals surface area contributed by atoms with Crippen molar-refractivity contribution < 1.29 is 4.39 Å². The van der Waals surface area contributed by atoms with Crippen molar-refractivity contribution in [3.8, 4) is 0 Å². The highest BCUT2D eigenvalue weighted by molar-refractivity contribution is 7.99. The van der Waals surface area contributed by atoms with Crippen LogP contribution in [0.3, 0.4) is 0 Å². The Morgan fingerprint density at radius 3 is 2.56 bits per heavy atom. The van der Waals surface area contributed by atoms with E-state index in [-0.39, 0.29) is 11.9 Å². The first kappa shape index (κ1) is 13.1. The first-order chi connectivity index (χ1) is 8.66. The van der Waals surface area contributed by atoms with Gasteiger partial charge in [-0.3, -0.25) is 0 Å². The van der Waals surface area contributed by atoms with E-state index in [1.165, 1.54) is 11.0 Å². The van der Waals surface area contributed by atoms with E-state index in [4.69, 9.17) is 5.73 Å². The molecule has 1 nitrogen and oxygen atoms in total. The molecule has 2 aromatic rings. The third-order valence-corrected chi connectivity index (χ3v) is 3.91. The quantitative estimate of drug-likeness (QED) is 0.844. The van der Waals surface area contributed by atoms with Gasteiger partial charge in [-0.05, 0) is 36.2 Å². The van der Waals surface area contributed by atoms with Crippen molar-refractivity contribution in [1.82, 2.24) is 0 Å². The van der Waals surface area contributed by atoms with Crippen LogP contribution in [0.4, 0.5) is 4.39 Å². The molecule has 0 saturated carbocycles. The summed E-state index contributed by atoms with van der Waals surface area (Å²) >= 11 is 1.71. The zero-order valence-electron chi connectivity index (χ0n) is 10.3. The van der Waals surface area contributed by atoms with Gasteiger partial charge in [0.25, 0.3) is 0 Å². The highest BCUT2D eigenvalue weighted by Crippen LogP contribution is 2.24. The summed E-state index contributed by atoms with van der Waals surface area (Å²) in [6.07, 6.45) is 0. The molecule has 0 saturated heterocycles. The van der Waals surface area contributed by atoms with Crippen LogP contribution in [0.5, 0.6) is 0 Å². The van der Waals surface area contributed by atoms with Crippen molar-refractivity contribution >= 4 is 11.8 Å². The maximum Gasteiger partial charge on any atom is 0.126 e. The predicted molar refractivity (Wildman–Crippen MR) is 75.2 cm³/mol. The number of benzene rings is 2. The highest BCUT2D eigenvalue weighted by atomic mass is 32.2. The first-order valence-electron chi connectivity index (χ1n) is 5.86. The molecule has 3 heteroatoms. The van der Waals surface area contributed by atoms with Crippen LogP contribution >= 0.6 is 11.8 Å². The Balaban J connectivity index is 1.99. The largest absolute Gasteiger partial charge is 0.323 e. The number of nitrogens with two attached hydrogens (primary N) is 1. The molecule has 0 aliphatic heterocycles. The Morgan fingerprint density at radius 1 is 1.17 bits per heavy atom. The fourth-order valence-corrected chi connectivity index (χ4v) is 2.61. The molecule has 0 radical (unpaired) electrons. The molecule has 18 heavy (non-hydrogen) atoms. The lowest BCUT2D eigenvalue weighted by molar-refractivity contribution is 0.616. The maximum absolute atomic E-state index is 13.2. The van der Waals surface area contributed by atoms with Crippen molar-refractivity contribution in [2.45, 2.75) is 17.9 Å². The second-order valence-corrected chi connectivity index (χ2v) is 5.33. The van der Waals surface area contributed by atoms with E-state index >= 15 is 0 Å². The van der Waals surface area contributed by atoms with E-state index in [0.717, 1.165) is 11.3 Å². The molecule has 0 aromatic heterocycles. The topological polar surface area (TPSA) is 26.0 Å². The van der Waals surface area contributed by atoms with Crippen molar-refractivity contribution in [3.63, 3.8) is 0 Å². The summed E-state index contributed by atoms with van der Waals surface area (Å²) in [6.45, 7) is 1.76. The number of thioether (sulfide) groups is 1. The molecule has 94 valence electrons. The highest BCUT2D eigenvalue weighted by Gasteiger charge is 2.08. The van der Waals surface area contributed by atoms with E-state index < -0.39 is 0 Å².